The first-order chi connectivity index (χ1) is 12.4. The molecule has 1 aromatic rings. The van der Waals surface area contributed by atoms with Crippen molar-refractivity contribution in [3.05, 3.63) is 48.2 Å². The Balaban J connectivity index is 2.01. The highest BCUT2D eigenvalue weighted by Crippen LogP contribution is 2.29. The van der Waals surface area contributed by atoms with Crippen LogP contribution in [0.3, 0.4) is 0 Å². The minimum absolute atomic E-state index is 0.137. The van der Waals surface area contributed by atoms with Crippen LogP contribution in [0.1, 0.15) is 30.6 Å². The molecule has 1 heterocycles. The van der Waals surface area contributed by atoms with Crippen LogP contribution in [-0.4, -0.2) is 53.6 Å². The number of hydrogen-bond donors (Lipinski definition) is 2. The van der Waals surface area contributed by atoms with Crippen molar-refractivity contribution in [1.82, 2.24) is 10.2 Å². The van der Waals surface area contributed by atoms with Gasteiger partial charge < -0.3 is 20.1 Å². The number of carbonyl (C=O) groups is 2. The Kier molecular flexibility index (Phi) is 7.06. The third kappa shape index (κ3) is 5.24. The van der Waals surface area contributed by atoms with E-state index in [0.29, 0.717) is 12.0 Å². The average molecular weight is 359 g/mol. The fraction of sp³-hybridized carbons (Fsp3) is 0.421. The van der Waals surface area contributed by atoms with Crippen molar-refractivity contribution in [2.75, 3.05) is 7.05 Å². The van der Waals surface area contributed by atoms with Crippen LogP contribution in [0.5, 0.6) is 0 Å². The standard InChI is InChI=1S/C19H25N3O4/c1-13-11-16(14(2)24)26-19(13)22(3)10-9-17(20-12-23)21-18(25)15-7-5-4-6-8-15/h4-10,12-14,16,19,24H,11H2,1-3H3,(H,20,21,23,25)/b10-9-. The quantitative estimate of drug-likeness (QED) is 0.457. The molecule has 2 N–H and O–H groups in total. The maximum absolute atomic E-state index is 12.2. The Bertz CT molecular complexity index is 673. The van der Waals surface area contributed by atoms with Crippen molar-refractivity contribution in [3.8, 4) is 0 Å². The van der Waals surface area contributed by atoms with Crippen molar-refractivity contribution in [2.24, 2.45) is 10.9 Å². The SMILES string of the molecule is CC(O)C1CC(C)C(N(C)/C=C\C(=NC=O)NC(=O)c2ccccc2)O1. The minimum Gasteiger partial charge on any atom is -0.391 e. The van der Waals surface area contributed by atoms with Gasteiger partial charge in [-0.1, -0.05) is 25.1 Å². The van der Waals surface area contributed by atoms with E-state index in [1.54, 1.807) is 43.5 Å². The van der Waals surface area contributed by atoms with E-state index >= 15 is 0 Å². The normalized spacial score (nSPS) is 24.5. The van der Waals surface area contributed by atoms with Crippen LogP contribution in [0.15, 0.2) is 47.6 Å². The van der Waals surface area contributed by atoms with Crippen LogP contribution in [0, 0.1) is 5.92 Å². The van der Waals surface area contributed by atoms with Crippen LogP contribution < -0.4 is 5.32 Å². The molecule has 1 fully saturated rings. The fourth-order valence-corrected chi connectivity index (χ4v) is 2.88. The number of aliphatic imine (C=N–C) groups is 1. The molecule has 0 saturated carbocycles. The first kappa shape index (κ1) is 19.8. The van der Waals surface area contributed by atoms with Crippen LogP contribution >= 0.6 is 0 Å². The molecule has 1 saturated heterocycles. The second kappa shape index (κ2) is 9.26. The van der Waals surface area contributed by atoms with Gasteiger partial charge in [-0.25, -0.2) is 0 Å². The van der Waals surface area contributed by atoms with E-state index in [1.807, 2.05) is 18.0 Å². The van der Waals surface area contributed by atoms with Gasteiger partial charge in [0.15, 0.2) is 0 Å². The second-order valence-electron chi connectivity index (χ2n) is 6.44. The van der Waals surface area contributed by atoms with Crippen LogP contribution in [-0.2, 0) is 9.53 Å². The Morgan fingerprint density at radius 1 is 1.42 bits per heavy atom. The molecule has 0 aliphatic carbocycles. The summed E-state index contributed by atoms with van der Waals surface area (Å²) in [5.74, 6) is 0.0196. The van der Waals surface area contributed by atoms with Gasteiger partial charge in [-0.15, -0.1) is 0 Å². The molecule has 4 unspecified atom stereocenters. The van der Waals surface area contributed by atoms with E-state index in [1.165, 1.54) is 0 Å². The van der Waals surface area contributed by atoms with Gasteiger partial charge in [-0.05, 0) is 31.6 Å². The molecule has 1 aliphatic rings. The van der Waals surface area contributed by atoms with Crippen molar-refractivity contribution in [3.63, 3.8) is 0 Å². The van der Waals surface area contributed by atoms with E-state index in [0.717, 1.165) is 6.42 Å². The molecule has 0 radical (unpaired) electrons. The lowest BCUT2D eigenvalue weighted by molar-refractivity contribution is -0.106. The van der Waals surface area contributed by atoms with Gasteiger partial charge in [-0.2, -0.15) is 4.99 Å². The largest absolute Gasteiger partial charge is 0.391 e. The number of amidine groups is 1. The second-order valence-corrected chi connectivity index (χ2v) is 6.44. The van der Waals surface area contributed by atoms with E-state index in [9.17, 15) is 14.7 Å². The molecular formula is C19H25N3O4. The summed E-state index contributed by atoms with van der Waals surface area (Å²) in [5, 5.41) is 12.3. The van der Waals surface area contributed by atoms with Gasteiger partial charge in [0.05, 0.1) is 12.2 Å². The topological polar surface area (TPSA) is 91.2 Å². The van der Waals surface area contributed by atoms with Gasteiger partial charge in [0.1, 0.15) is 12.1 Å². The lowest BCUT2D eigenvalue weighted by Gasteiger charge is -2.26. The number of nitrogens with one attached hydrogen (secondary N) is 1. The third-order valence-corrected chi connectivity index (χ3v) is 4.28. The Labute approximate surface area is 153 Å². The number of carbonyl (C=O) groups excluding carboxylic acids is 2. The van der Waals surface area contributed by atoms with Crippen molar-refractivity contribution in [1.29, 1.82) is 0 Å². The summed E-state index contributed by atoms with van der Waals surface area (Å²) in [5.41, 5.74) is 0.473. The number of benzene rings is 1. The summed E-state index contributed by atoms with van der Waals surface area (Å²) in [6.07, 6.45) is 3.45. The highest BCUT2D eigenvalue weighted by Gasteiger charge is 2.36. The summed E-state index contributed by atoms with van der Waals surface area (Å²) >= 11 is 0. The van der Waals surface area contributed by atoms with Gasteiger partial charge in [0, 0.05) is 24.7 Å². The average Bonchev–Trinajstić information content (AvgIpc) is 3.02. The summed E-state index contributed by atoms with van der Waals surface area (Å²) in [6, 6.07) is 8.68. The minimum atomic E-state index is -0.530. The maximum atomic E-state index is 12.2. The maximum Gasteiger partial charge on any atom is 0.256 e. The Hall–Kier alpha value is -2.51. The molecule has 140 valence electrons. The first-order valence-electron chi connectivity index (χ1n) is 8.54. The van der Waals surface area contributed by atoms with Crippen molar-refractivity contribution < 1.29 is 19.4 Å². The summed E-state index contributed by atoms with van der Waals surface area (Å²) in [4.78, 5) is 28.5. The van der Waals surface area contributed by atoms with Gasteiger partial charge in [0.25, 0.3) is 5.91 Å². The smallest absolute Gasteiger partial charge is 0.256 e. The molecule has 7 nitrogen and oxygen atoms in total. The fourth-order valence-electron chi connectivity index (χ4n) is 2.88. The summed E-state index contributed by atoms with van der Waals surface area (Å²) in [7, 11) is 1.83. The van der Waals surface area contributed by atoms with E-state index < -0.39 is 6.10 Å². The summed E-state index contributed by atoms with van der Waals surface area (Å²) < 4.78 is 5.87. The van der Waals surface area contributed by atoms with Crippen molar-refractivity contribution in [2.45, 2.75) is 38.7 Å². The lowest BCUT2D eigenvalue weighted by Crippen LogP contribution is -2.34. The van der Waals surface area contributed by atoms with Crippen LogP contribution in [0.4, 0.5) is 0 Å². The zero-order valence-corrected chi connectivity index (χ0v) is 15.2. The number of rotatable bonds is 6. The van der Waals surface area contributed by atoms with Crippen LogP contribution in [0.2, 0.25) is 0 Å². The molecule has 1 aromatic carbocycles. The Morgan fingerprint density at radius 2 is 2.12 bits per heavy atom. The predicted molar refractivity (Wildman–Crippen MR) is 98.4 cm³/mol. The number of amides is 2. The number of aliphatic hydroxyl groups is 1. The molecule has 2 amide bonds. The number of nitrogens with zero attached hydrogens (tertiary/aromatic N) is 2. The molecule has 1 aliphatic heterocycles. The number of ether oxygens (including phenoxy) is 1. The third-order valence-electron chi connectivity index (χ3n) is 4.28. The van der Waals surface area contributed by atoms with E-state index in [4.69, 9.17) is 4.74 Å². The highest BCUT2D eigenvalue weighted by molar-refractivity contribution is 6.11. The van der Waals surface area contributed by atoms with E-state index in [2.05, 4.69) is 17.2 Å². The number of aliphatic hydroxyl groups excluding tert-OH is 1. The molecule has 7 heteroatoms. The molecule has 4 atom stereocenters. The molecule has 2 rings (SSSR count). The zero-order chi connectivity index (χ0) is 19.1. The van der Waals surface area contributed by atoms with Crippen LogP contribution in [0.25, 0.3) is 0 Å². The van der Waals surface area contributed by atoms with E-state index in [-0.39, 0.29) is 30.0 Å². The number of hydrogen-bond acceptors (Lipinski definition) is 5. The lowest BCUT2D eigenvalue weighted by atomic mass is 10.0. The Morgan fingerprint density at radius 3 is 2.69 bits per heavy atom. The zero-order valence-electron chi connectivity index (χ0n) is 15.2. The predicted octanol–water partition coefficient (Wildman–Crippen LogP) is 1.55. The first-order valence-corrected chi connectivity index (χ1v) is 8.54. The van der Waals surface area contributed by atoms with Crippen molar-refractivity contribution >= 4 is 18.2 Å². The summed E-state index contributed by atoms with van der Waals surface area (Å²) in [6.45, 7) is 3.76. The van der Waals surface area contributed by atoms with Gasteiger partial charge in [-0.3, -0.25) is 9.59 Å². The van der Waals surface area contributed by atoms with Gasteiger partial charge in [0.2, 0.25) is 6.41 Å². The molecule has 0 aromatic heterocycles. The van der Waals surface area contributed by atoms with Gasteiger partial charge >= 0.3 is 0 Å². The monoisotopic (exact) mass is 359 g/mol. The molecule has 0 bridgehead atoms. The molecule has 26 heavy (non-hydrogen) atoms. The molecule has 0 spiro atoms. The molecular weight excluding hydrogens is 334 g/mol. The highest BCUT2D eigenvalue weighted by atomic mass is 16.5.